The van der Waals surface area contributed by atoms with Crippen molar-refractivity contribution in [3.05, 3.63) is 36.2 Å². The van der Waals surface area contributed by atoms with E-state index in [-0.39, 0.29) is 10.9 Å². The molecule has 6 nitrogen and oxygen atoms in total. The van der Waals surface area contributed by atoms with Crippen molar-refractivity contribution in [1.29, 1.82) is 0 Å². The Morgan fingerprint density at radius 3 is 2.72 bits per heavy atom. The molecule has 1 aromatic carbocycles. The molecule has 1 atom stereocenters. The molecular formula is C18H23N3O3S. The van der Waals surface area contributed by atoms with Crippen LogP contribution < -0.4 is 5.14 Å². The van der Waals surface area contributed by atoms with Crippen LogP contribution in [0.1, 0.15) is 37.4 Å². The molecular weight excluding hydrogens is 338 g/mol. The quantitative estimate of drug-likeness (QED) is 0.906. The van der Waals surface area contributed by atoms with Gasteiger partial charge in [0.1, 0.15) is 0 Å². The Morgan fingerprint density at radius 2 is 1.96 bits per heavy atom. The number of nitrogens with two attached hydrogens (primary N) is 1. The van der Waals surface area contributed by atoms with Crippen molar-refractivity contribution in [1.82, 2.24) is 9.88 Å². The lowest BCUT2D eigenvalue weighted by molar-refractivity contribution is 0.0287. The first-order valence-electron chi connectivity index (χ1n) is 8.79. The fraction of sp³-hybridized carbons (Fsp3) is 0.500. The van der Waals surface area contributed by atoms with E-state index in [4.69, 9.17) is 9.88 Å². The van der Waals surface area contributed by atoms with Gasteiger partial charge in [-0.3, -0.25) is 9.88 Å². The van der Waals surface area contributed by atoms with E-state index in [1.807, 2.05) is 12.1 Å². The van der Waals surface area contributed by atoms with E-state index in [9.17, 15) is 8.42 Å². The number of likely N-dealkylation sites (tertiary alicyclic amines) is 1. The maximum atomic E-state index is 11.6. The molecule has 0 spiro atoms. The Kier molecular flexibility index (Phi) is 4.49. The number of hydrogen-bond donors (Lipinski definition) is 1. The molecule has 2 aromatic rings. The van der Waals surface area contributed by atoms with Crippen LogP contribution in [0.5, 0.6) is 0 Å². The summed E-state index contributed by atoms with van der Waals surface area (Å²) in [7, 11) is -3.70. The maximum absolute atomic E-state index is 11.6. The van der Waals surface area contributed by atoms with Crippen LogP contribution in [0, 0.1) is 0 Å². The molecule has 1 aromatic heterocycles. The number of pyridine rings is 1. The van der Waals surface area contributed by atoms with E-state index in [0.717, 1.165) is 61.9 Å². The molecule has 0 amide bonds. The molecule has 0 aliphatic carbocycles. The van der Waals surface area contributed by atoms with Gasteiger partial charge in [0.15, 0.2) is 0 Å². The first kappa shape index (κ1) is 16.9. The average Bonchev–Trinajstić information content (AvgIpc) is 3.10. The molecule has 0 saturated carbocycles. The van der Waals surface area contributed by atoms with E-state index in [1.165, 1.54) is 0 Å². The number of fused-ring (bicyclic) bond motifs is 1. The second-order valence-corrected chi connectivity index (χ2v) is 8.42. The molecule has 0 radical (unpaired) electrons. The van der Waals surface area contributed by atoms with Gasteiger partial charge in [-0.15, -0.1) is 0 Å². The minimum absolute atomic E-state index is 0.143. The highest BCUT2D eigenvalue weighted by Crippen LogP contribution is 2.38. The topological polar surface area (TPSA) is 85.5 Å². The standard InChI is InChI=1S/C18H23N3O3S/c19-25(22,23)15-3-4-16-13(12-15)5-8-20-18(16)17-2-1-9-21(17)14-6-10-24-11-7-14/h3-5,8,12,14,17H,1-2,6-7,9-11H2,(H2,19,22,23). The maximum Gasteiger partial charge on any atom is 0.238 e. The Bertz CT molecular complexity index is 878. The predicted molar refractivity (Wildman–Crippen MR) is 95.6 cm³/mol. The Hall–Kier alpha value is -1.54. The summed E-state index contributed by atoms with van der Waals surface area (Å²) in [6, 6.07) is 7.74. The van der Waals surface area contributed by atoms with Gasteiger partial charge in [-0.2, -0.15) is 0 Å². The van der Waals surface area contributed by atoms with Crippen molar-refractivity contribution in [3.63, 3.8) is 0 Å². The molecule has 7 heteroatoms. The number of rotatable bonds is 3. The second-order valence-electron chi connectivity index (χ2n) is 6.86. The molecule has 3 heterocycles. The molecule has 1 unspecified atom stereocenters. The molecule has 4 rings (SSSR count). The SMILES string of the molecule is NS(=O)(=O)c1ccc2c(C3CCCN3C3CCOCC3)nccc2c1. The summed E-state index contributed by atoms with van der Waals surface area (Å²) in [5.74, 6) is 0. The van der Waals surface area contributed by atoms with E-state index in [2.05, 4.69) is 9.88 Å². The van der Waals surface area contributed by atoms with Crippen LogP contribution >= 0.6 is 0 Å². The summed E-state index contributed by atoms with van der Waals surface area (Å²) in [5, 5.41) is 7.15. The summed E-state index contributed by atoms with van der Waals surface area (Å²) >= 11 is 0. The fourth-order valence-electron chi connectivity index (χ4n) is 4.16. The molecule has 0 bridgehead atoms. The molecule has 2 fully saturated rings. The van der Waals surface area contributed by atoms with E-state index < -0.39 is 10.0 Å². The summed E-state index contributed by atoms with van der Waals surface area (Å²) in [4.78, 5) is 7.38. The van der Waals surface area contributed by atoms with Gasteiger partial charge >= 0.3 is 0 Å². The number of hydrogen-bond acceptors (Lipinski definition) is 5. The van der Waals surface area contributed by atoms with E-state index >= 15 is 0 Å². The van der Waals surface area contributed by atoms with Crippen molar-refractivity contribution >= 4 is 20.8 Å². The fourth-order valence-corrected chi connectivity index (χ4v) is 4.71. The van der Waals surface area contributed by atoms with E-state index in [0.29, 0.717) is 6.04 Å². The van der Waals surface area contributed by atoms with E-state index in [1.54, 1.807) is 18.3 Å². The summed E-state index contributed by atoms with van der Waals surface area (Å²) in [6.07, 6.45) is 6.15. The monoisotopic (exact) mass is 361 g/mol. The van der Waals surface area contributed by atoms with Crippen molar-refractivity contribution in [2.24, 2.45) is 5.14 Å². The van der Waals surface area contributed by atoms with Gasteiger partial charge < -0.3 is 4.74 Å². The lowest BCUT2D eigenvalue weighted by Crippen LogP contribution is -2.39. The third-order valence-electron chi connectivity index (χ3n) is 5.36. The Labute approximate surface area is 148 Å². The van der Waals surface area contributed by atoms with Crippen molar-refractivity contribution in [2.75, 3.05) is 19.8 Å². The number of nitrogens with zero attached hydrogens (tertiary/aromatic N) is 2. The average molecular weight is 361 g/mol. The lowest BCUT2D eigenvalue weighted by atomic mass is 10.0. The van der Waals surface area contributed by atoms with Crippen molar-refractivity contribution in [3.8, 4) is 0 Å². The van der Waals surface area contributed by atoms with Crippen LogP contribution in [0.3, 0.4) is 0 Å². The van der Waals surface area contributed by atoms with Gasteiger partial charge in [0.2, 0.25) is 10.0 Å². The zero-order valence-electron chi connectivity index (χ0n) is 14.1. The first-order valence-corrected chi connectivity index (χ1v) is 10.3. The summed E-state index contributed by atoms with van der Waals surface area (Å²) in [6.45, 7) is 2.74. The van der Waals surface area contributed by atoms with Crippen LogP contribution in [0.25, 0.3) is 10.8 Å². The zero-order valence-corrected chi connectivity index (χ0v) is 14.9. The molecule has 134 valence electrons. The summed E-state index contributed by atoms with van der Waals surface area (Å²) in [5.41, 5.74) is 1.04. The molecule has 2 saturated heterocycles. The first-order chi connectivity index (χ1) is 12.0. The molecule has 2 aliphatic heterocycles. The Balaban J connectivity index is 1.73. The van der Waals surface area contributed by atoms with Crippen LogP contribution in [0.4, 0.5) is 0 Å². The minimum Gasteiger partial charge on any atom is -0.381 e. The van der Waals surface area contributed by atoms with Crippen LogP contribution in [0.15, 0.2) is 35.4 Å². The highest BCUT2D eigenvalue weighted by Gasteiger charge is 2.34. The number of aromatic nitrogens is 1. The largest absolute Gasteiger partial charge is 0.381 e. The van der Waals surface area contributed by atoms with Gasteiger partial charge in [-0.1, -0.05) is 6.07 Å². The Morgan fingerprint density at radius 1 is 1.16 bits per heavy atom. The van der Waals surface area contributed by atoms with Crippen LogP contribution in [-0.4, -0.2) is 44.1 Å². The van der Waals surface area contributed by atoms with Gasteiger partial charge in [0.05, 0.1) is 16.6 Å². The number of benzene rings is 1. The number of ether oxygens (including phenoxy) is 1. The smallest absolute Gasteiger partial charge is 0.238 e. The van der Waals surface area contributed by atoms with Gasteiger partial charge in [-0.05, 0) is 55.8 Å². The van der Waals surface area contributed by atoms with Crippen LogP contribution in [-0.2, 0) is 14.8 Å². The predicted octanol–water partition coefficient (Wildman–Crippen LogP) is 2.20. The third kappa shape index (κ3) is 3.29. The van der Waals surface area contributed by atoms with Gasteiger partial charge in [0.25, 0.3) is 0 Å². The van der Waals surface area contributed by atoms with Crippen molar-refractivity contribution in [2.45, 2.75) is 42.7 Å². The number of primary sulfonamides is 1. The molecule has 2 N–H and O–H groups in total. The van der Waals surface area contributed by atoms with Gasteiger partial charge in [0, 0.05) is 30.8 Å². The molecule has 2 aliphatic rings. The van der Waals surface area contributed by atoms with Gasteiger partial charge in [-0.25, -0.2) is 13.6 Å². The second kappa shape index (κ2) is 6.64. The highest BCUT2D eigenvalue weighted by molar-refractivity contribution is 7.89. The highest BCUT2D eigenvalue weighted by atomic mass is 32.2. The summed E-state index contributed by atoms with van der Waals surface area (Å²) < 4.78 is 28.7. The minimum atomic E-state index is -3.70. The third-order valence-corrected chi connectivity index (χ3v) is 6.28. The molecule has 25 heavy (non-hydrogen) atoms. The number of sulfonamides is 1. The lowest BCUT2D eigenvalue weighted by Gasteiger charge is -2.35. The van der Waals surface area contributed by atoms with Crippen LogP contribution in [0.2, 0.25) is 0 Å². The zero-order chi connectivity index (χ0) is 17.4. The normalized spacial score (nSPS) is 23.3. The van der Waals surface area contributed by atoms with Crippen molar-refractivity contribution < 1.29 is 13.2 Å².